The van der Waals surface area contributed by atoms with Crippen molar-refractivity contribution >= 4 is 0 Å². The van der Waals surface area contributed by atoms with Crippen LogP contribution in [0.15, 0.2) is 12.3 Å². The smallest absolute Gasteiger partial charge is 0.257 e. The van der Waals surface area contributed by atoms with Crippen molar-refractivity contribution in [3.63, 3.8) is 0 Å². The van der Waals surface area contributed by atoms with Crippen LogP contribution >= 0.6 is 0 Å². The Morgan fingerprint density at radius 1 is 1.44 bits per heavy atom. The van der Waals surface area contributed by atoms with Crippen LogP contribution < -0.4 is 0 Å². The fourth-order valence-corrected chi connectivity index (χ4v) is 2.17. The van der Waals surface area contributed by atoms with E-state index in [0.29, 0.717) is 5.69 Å². The van der Waals surface area contributed by atoms with Gasteiger partial charge in [0.25, 0.3) is 5.92 Å². The van der Waals surface area contributed by atoms with Crippen LogP contribution in [0.5, 0.6) is 0 Å². The molecule has 1 saturated heterocycles. The second-order valence-electron chi connectivity index (χ2n) is 4.56. The molecule has 88 valence electrons. The van der Waals surface area contributed by atoms with E-state index >= 15 is 0 Å². The molecule has 1 aromatic heterocycles. The Morgan fingerprint density at radius 2 is 2.25 bits per heavy atom. The molecule has 1 aliphatic heterocycles. The Morgan fingerprint density at radius 3 is 2.88 bits per heavy atom. The second-order valence-corrected chi connectivity index (χ2v) is 4.56. The molecule has 0 spiro atoms. The summed E-state index contributed by atoms with van der Waals surface area (Å²) >= 11 is 0. The van der Waals surface area contributed by atoms with E-state index in [1.807, 2.05) is 0 Å². The van der Waals surface area contributed by atoms with Gasteiger partial charge in [-0.05, 0) is 25.3 Å². The summed E-state index contributed by atoms with van der Waals surface area (Å²) in [7, 11) is 0. The Hall–Kier alpha value is -0.970. The quantitative estimate of drug-likeness (QED) is 0.778. The Labute approximate surface area is 92.4 Å². The minimum absolute atomic E-state index is 0.0600. The summed E-state index contributed by atoms with van der Waals surface area (Å²) in [6.45, 7) is 0.736. The van der Waals surface area contributed by atoms with Crippen LogP contribution in [0.1, 0.15) is 43.5 Å². The van der Waals surface area contributed by atoms with Gasteiger partial charge in [0, 0.05) is 19.2 Å². The van der Waals surface area contributed by atoms with Crippen molar-refractivity contribution < 1.29 is 13.5 Å². The van der Waals surface area contributed by atoms with Crippen molar-refractivity contribution in [2.75, 3.05) is 6.61 Å². The van der Waals surface area contributed by atoms with Gasteiger partial charge in [-0.3, -0.25) is 0 Å². The van der Waals surface area contributed by atoms with Crippen molar-refractivity contribution in [2.45, 2.75) is 43.8 Å². The highest BCUT2D eigenvalue weighted by atomic mass is 19.3. The predicted molar refractivity (Wildman–Crippen MR) is 53.4 cm³/mol. The molecule has 0 bridgehead atoms. The summed E-state index contributed by atoms with van der Waals surface area (Å²) in [4.78, 5) is 0. The van der Waals surface area contributed by atoms with Crippen molar-refractivity contribution in [3.05, 3.63) is 18.0 Å². The third kappa shape index (κ3) is 1.73. The van der Waals surface area contributed by atoms with E-state index in [0.717, 1.165) is 25.9 Å². The second kappa shape index (κ2) is 3.52. The van der Waals surface area contributed by atoms with Crippen LogP contribution in [0.4, 0.5) is 8.78 Å². The number of halogens is 2. The molecule has 0 N–H and O–H groups in total. The number of nitrogens with zero attached hydrogens (tertiary/aromatic N) is 2. The molecule has 3 rings (SSSR count). The van der Waals surface area contributed by atoms with Gasteiger partial charge in [-0.1, -0.05) is 0 Å². The highest BCUT2D eigenvalue weighted by Crippen LogP contribution is 2.55. The first-order chi connectivity index (χ1) is 7.67. The molecule has 5 heteroatoms. The van der Waals surface area contributed by atoms with Gasteiger partial charge in [-0.25, -0.2) is 13.5 Å². The van der Waals surface area contributed by atoms with Gasteiger partial charge in [-0.15, -0.1) is 0 Å². The van der Waals surface area contributed by atoms with Crippen LogP contribution in [0.3, 0.4) is 0 Å². The van der Waals surface area contributed by atoms with Crippen molar-refractivity contribution in [1.82, 2.24) is 9.78 Å². The summed E-state index contributed by atoms with van der Waals surface area (Å²) in [6, 6.07) is 1.68. The van der Waals surface area contributed by atoms with Gasteiger partial charge in [0.2, 0.25) is 0 Å². The van der Waals surface area contributed by atoms with E-state index < -0.39 is 11.8 Å². The van der Waals surface area contributed by atoms with E-state index in [9.17, 15) is 8.78 Å². The van der Waals surface area contributed by atoms with Crippen LogP contribution in [-0.2, 0) is 4.74 Å². The van der Waals surface area contributed by atoms with Crippen LogP contribution in [0.25, 0.3) is 0 Å². The van der Waals surface area contributed by atoms with Crippen molar-refractivity contribution in [1.29, 1.82) is 0 Å². The van der Waals surface area contributed by atoms with E-state index in [1.54, 1.807) is 16.9 Å². The maximum atomic E-state index is 12.9. The lowest BCUT2D eigenvalue weighted by atomic mass is 10.2. The molecule has 1 saturated carbocycles. The lowest BCUT2D eigenvalue weighted by Gasteiger charge is -2.22. The summed E-state index contributed by atoms with van der Waals surface area (Å²) in [6.07, 6.45) is 4.73. The molecular formula is C11H14F2N2O. The zero-order valence-electron chi connectivity index (χ0n) is 8.90. The molecule has 2 aliphatic rings. The molecule has 0 aromatic carbocycles. The number of rotatable bonds is 2. The standard InChI is InChI=1S/C11H14F2N2O/c12-11(13)7-8(11)9-4-5-15(14-9)10-3-1-2-6-16-10/h4-5,8,10H,1-3,6-7H2. The minimum atomic E-state index is -2.54. The number of ether oxygens (including phenoxy) is 1. The molecule has 1 aliphatic carbocycles. The first-order valence-corrected chi connectivity index (χ1v) is 5.71. The molecule has 2 atom stereocenters. The maximum absolute atomic E-state index is 12.9. The highest BCUT2D eigenvalue weighted by Gasteiger charge is 2.58. The lowest BCUT2D eigenvalue weighted by molar-refractivity contribution is -0.0397. The third-order valence-corrected chi connectivity index (χ3v) is 3.26. The summed E-state index contributed by atoms with van der Waals surface area (Å²) < 4.78 is 32.9. The normalized spacial score (nSPS) is 32.6. The number of aromatic nitrogens is 2. The van der Waals surface area contributed by atoms with Gasteiger partial charge in [0.05, 0.1) is 11.6 Å². The molecule has 2 heterocycles. The van der Waals surface area contributed by atoms with Gasteiger partial charge >= 0.3 is 0 Å². The number of hydrogen-bond acceptors (Lipinski definition) is 2. The minimum Gasteiger partial charge on any atom is -0.357 e. The maximum Gasteiger partial charge on any atom is 0.257 e. The molecule has 16 heavy (non-hydrogen) atoms. The molecule has 1 aromatic rings. The Balaban J connectivity index is 1.72. The summed E-state index contributed by atoms with van der Waals surface area (Å²) in [5.41, 5.74) is 0.499. The largest absolute Gasteiger partial charge is 0.357 e. The number of alkyl halides is 2. The van der Waals surface area contributed by atoms with Gasteiger partial charge in [-0.2, -0.15) is 5.10 Å². The zero-order valence-corrected chi connectivity index (χ0v) is 8.90. The van der Waals surface area contributed by atoms with Gasteiger partial charge in [0.15, 0.2) is 0 Å². The molecular weight excluding hydrogens is 214 g/mol. The first kappa shape index (κ1) is 10.2. The molecule has 3 nitrogen and oxygen atoms in total. The summed E-state index contributed by atoms with van der Waals surface area (Å²) in [5, 5.41) is 4.20. The van der Waals surface area contributed by atoms with Gasteiger partial charge < -0.3 is 4.74 Å². The Kier molecular flexibility index (Phi) is 2.24. The van der Waals surface area contributed by atoms with Crippen LogP contribution in [0, 0.1) is 0 Å². The fraction of sp³-hybridized carbons (Fsp3) is 0.727. The van der Waals surface area contributed by atoms with Crippen molar-refractivity contribution in [3.8, 4) is 0 Å². The van der Waals surface area contributed by atoms with Crippen LogP contribution in [0.2, 0.25) is 0 Å². The zero-order chi connectivity index (χ0) is 11.2. The average molecular weight is 228 g/mol. The molecule has 0 amide bonds. The third-order valence-electron chi connectivity index (χ3n) is 3.26. The molecule has 2 fully saturated rings. The van der Waals surface area contributed by atoms with E-state index in [-0.39, 0.29) is 12.6 Å². The Bertz CT molecular complexity index is 385. The van der Waals surface area contributed by atoms with Crippen molar-refractivity contribution in [2.24, 2.45) is 0 Å². The summed E-state index contributed by atoms with van der Waals surface area (Å²) in [5.74, 6) is -3.20. The monoisotopic (exact) mass is 228 g/mol. The molecule has 2 unspecified atom stereocenters. The fourth-order valence-electron chi connectivity index (χ4n) is 2.17. The predicted octanol–water partition coefficient (Wildman–Crippen LogP) is 2.70. The van der Waals surface area contributed by atoms with E-state index in [2.05, 4.69) is 5.10 Å². The van der Waals surface area contributed by atoms with E-state index in [4.69, 9.17) is 4.74 Å². The lowest BCUT2D eigenvalue weighted by Crippen LogP contribution is -2.18. The van der Waals surface area contributed by atoms with E-state index in [1.165, 1.54) is 0 Å². The SMILES string of the molecule is FC1(F)CC1c1ccn(C2CCCCO2)n1. The average Bonchev–Trinajstić information content (AvgIpc) is 2.76. The number of hydrogen-bond donors (Lipinski definition) is 0. The van der Waals surface area contributed by atoms with Crippen LogP contribution in [-0.4, -0.2) is 22.3 Å². The molecule has 0 radical (unpaired) electrons. The highest BCUT2D eigenvalue weighted by molar-refractivity contribution is 5.21. The topological polar surface area (TPSA) is 27.1 Å². The van der Waals surface area contributed by atoms with Gasteiger partial charge in [0.1, 0.15) is 6.23 Å². The first-order valence-electron chi connectivity index (χ1n) is 5.71.